The van der Waals surface area contributed by atoms with Crippen molar-refractivity contribution in [1.82, 2.24) is 4.98 Å². The van der Waals surface area contributed by atoms with Crippen LogP contribution in [0.1, 0.15) is 10.4 Å². The second-order valence-electron chi connectivity index (χ2n) is 5.51. The molecule has 0 N–H and O–H groups in total. The van der Waals surface area contributed by atoms with Gasteiger partial charge in [-0.15, -0.1) is 0 Å². The number of esters is 1. The Labute approximate surface area is 145 Å². The predicted octanol–water partition coefficient (Wildman–Crippen LogP) is 2.35. The number of hydrogen-bond acceptors (Lipinski definition) is 7. The molecular weight excluding hydrogens is 324 g/mol. The highest BCUT2D eigenvalue weighted by molar-refractivity contribution is 5.89. The van der Waals surface area contributed by atoms with Crippen LogP contribution in [-0.4, -0.2) is 50.2 Å². The van der Waals surface area contributed by atoms with E-state index in [0.717, 1.165) is 17.9 Å². The van der Waals surface area contributed by atoms with Gasteiger partial charge in [0.25, 0.3) is 0 Å². The molecule has 0 amide bonds. The number of benzene rings is 1. The summed E-state index contributed by atoms with van der Waals surface area (Å²) in [5.41, 5.74) is 2.29. The third kappa shape index (κ3) is 4.66. The standard InChI is InChI=1S/C17H20N4O4/c1-19(14-6-4-13(5-7-14)17(22)25-3)10-11-20(2)15-8-9-16(18-12-15)21(23)24/h4-9,12H,10-11H2,1-3H3. The molecule has 0 saturated carbocycles. The highest BCUT2D eigenvalue weighted by atomic mass is 16.6. The van der Waals surface area contributed by atoms with Crippen LogP contribution in [0.2, 0.25) is 0 Å². The lowest BCUT2D eigenvalue weighted by atomic mass is 10.2. The maximum absolute atomic E-state index is 11.4. The molecule has 0 aliphatic heterocycles. The van der Waals surface area contributed by atoms with Gasteiger partial charge >= 0.3 is 11.8 Å². The SMILES string of the molecule is COC(=O)c1ccc(N(C)CCN(C)c2ccc([N+](=O)[O-])nc2)cc1. The fourth-order valence-corrected chi connectivity index (χ4v) is 2.24. The summed E-state index contributed by atoms with van der Waals surface area (Å²) in [5, 5.41) is 10.6. The third-order valence-corrected chi connectivity index (χ3v) is 3.86. The first-order valence-corrected chi connectivity index (χ1v) is 7.63. The molecule has 0 aliphatic carbocycles. The lowest BCUT2D eigenvalue weighted by Crippen LogP contribution is -2.30. The molecule has 0 bridgehead atoms. The van der Waals surface area contributed by atoms with Crippen LogP contribution in [-0.2, 0) is 4.74 Å². The van der Waals surface area contributed by atoms with E-state index in [-0.39, 0.29) is 11.8 Å². The van der Waals surface area contributed by atoms with Gasteiger partial charge in [-0.05, 0) is 40.2 Å². The Morgan fingerprint density at radius 2 is 1.64 bits per heavy atom. The van der Waals surface area contributed by atoms with Crippen molar-refractivity contribution >= 4 is 23.2 Å². The number of nitro groups is 1. The van der Waals surface area contributed by atoms with Crippen molar-refractivity contribution in [3.05, 3.63) is 58.3 Å². The van der Waals surface area contributed by atoms with E-state index >= 15 is 0 Å². The molecular formula is C17H20N4O4. The van der Waals surface area contributed by atoms with Gasteiger partial charge < -0.3 is 24.7 Å². The van der Waals surface area contributed by atoms with Gasteiger partial charge in [-0.1, -0.05) is 0 Å². The number of hydrogen-bond donors (Lipinski definition) is 0. The van der Waals surface area contributed by atoms with Crippen LogP contribution in [0, 0.1) is 10.1 Å². The largest absolute Gasteiger partial charge is 0.465 e. The van der Waals surface area contributed by atoms with Gasteiger partial charge in [-0.3, -0.25) is 0 Å². The van der Waals surface area contributed by atoms with Gasteiger partial charge in [-0.25, -0.2) is 4.79 Å². The lowest BCUT2D eigenvalue weighted by Gasteiger charge is -2.24. The maximum atomic E-state index is 11.4. The zero-order valence-corrected chi connectivity index (χ0v) is 14.4. The topological polar surface area (TPSA) is 88.8 Å². The summed E-state index contributed by atoms with van der Waals surface area (Å²) in [4.78, 5) is 29.4. The average Bonchev–Trinajstić information content (AvgIpc) is 2.65. The molecule has 0 fully saturated rings. The fourth-order valence-electron chi connectivity index (χ4n) is 2.24. The summed E-state index contributed by atoms with van der Waals surface area (Å²) in [6, 6.07) is 10.2. The number of aromatic nitrogens is 1. The Morgan fingerprint density at radius 3 is 2.12 bits per heavy atom. The van der Waals surface area contributed by atoms with Gasteiger partial charge in [0, 0.05) is 38.9 Å². The van der Waals surface area contributed by atoms with Gasteiger partial charge in [0.1, 0.15) is 0 Å². The summed E-state index contributed by atoms with van der Waals surface area (Å²) in [5.74, 6) is -0.528. The number of rotatable bonds is 7. The number of carbonyl (C=O) groups is 1. The molecule has 25 heavy (non-hydrogen) atoms. The summed E-state index contributed by atoms with van der Waals surface area (Å²) in [6.07, 6.45) is 1.49. The minimum Gasteiger partial charge on any atom is -0.465 e. The van der Waals surface area contributed by atoms with Crippen molar-refractivity contribution in [3.8, 4) is 0 Å². The molecule has 1 aromatic carbocycles. The van der Waals surface area contributed by atoms with Crippen LogP contribution < -0.4 is 9.80 Å². The minimum atomic E-state index is -0.518. The molecule has 0 saturated heterocycles. The lowest BCUT2D eigenvalue weighted by molar-refractivity contribution is -0.389. The molecule has 1 heterocycles. The average molecular weight is 344 g/mol. The number of anilines is 2. The molecule has 2 rings (SSSR count). The van der Waals surface area contributed by atoms with Crippen LogP contribution in [0.4, 0.5) is 17.2 Å². The number of carbonyl (C=O) groups excluding carboxylic acids is 1. The second kappa shape index (κ2) is 8.09. The quantitative estimate of drug-likeness (QED) is 0.433. The predicted molar refractivity (Wildman–Crippen MR) is 95.2 cm³/mol. The molecule has 1 aromatic heterocycles. The van der Waals surface area contributed by atoms with E-state index in [1.54, 1.807) is 18.2 Å². The van der Waals surface area contributed by atoms with Crippen molar-refractivity contribution in [3.63, 3.8) is 0 Å². The molecule has 132 valence electrons. The first-order chi connectivity index (χ1) is 11.9. The van der Waals surface area contributed by atoms with E-state index in [4.69, 9.17) is 0 Å². The van der Waals surface area contributed by atoms with Crippen LogP contribution in [0.5, 0.6) is 0 Å². The van der Waals surface area contributed by atoms with Gasteiger partial charge in [0.2, 0.25) is 0 Å². The Balaban J connectivity index is 1.93. The van der Waals surface area contributed by atoms with Crippen molar-refractivity contribution in [2.24, 2.45) is 0 Å². The number of methoxy groups -OCH3 is 1. The molecule has 0 spiro atoms. The molecule has 0 radical (unpaired) electrons. The van der Waals surface area contributed by atoms with Crippen molar-refractivity contribution in [1.29, 1.82) is 0 Å². The van der Waals surface area contributed by atoms with E-state index < -0.39 is 4.92 Å². The Hall–Kier alpha value is -3.16. The molecule has 0 atom stereocenters. The van der Waals surface area contributed by atoms with E-state index in [1.807, 2.05) is 31.1 Å². The molecule has 2 aromatic rings. The van der Waals surface area contributed by atoms with Gasteiger partial charge in [-0.2, -0.15) is 0 Å². The smallest absolute Gasteiger partial charge is 0.363 e. The van der Waals surface area contributed by atoms with Crippen LogP contribution in [0.15, 0.2) is 42.6 Å². The van der Waals surface area contributed by atoms with E-state index in [9.17, 15) is 14.9 Å². The Kier molecular flexibility index (Phi) is 5.89. The number of nitrogens with zero attached hydrogens (tertiary/aromatic N) is 4. The Bertz CT molecular complexity index is 731. The monoisotopic (exact) mass is 344 g/mol. The zero-order chi connectivity index (χ0) is 18.4. The summed E-state index contributed by atoms with van der Waals surface area (Å²) in [6.45, 7) is 1.43. The Morgan fingerprint density at radius 1 is 1.08 bits per heavy atom. The normalized spacial score (nSPS) is 10.2. The molecule has 0 aliphatic rings. The highest BCUT2D eigenvalue weighted by Crippen LogP contribution is 2.17. The van der Waals surface area contributed by atoms with Crippen molar-refractivity contribution in [2.45, 2.75) is 0 Å². The van der Waals surface area contributed by atoms with Crippen LogP contribution in [0.25, 0.3) is 0 Å². The molecule has 0 unspecified atom stereocenters. The minimum absolute atomic E-state index is 0.167. The van der Waals surface area contributed by atoms with Crippen LogP contribution in [0.3, 0.4) is 0 Å². The number of pyridine rings is 1. The summed E-state index contributed by atoms with van der Waals surface area (Å²) >= 11 is 0. The number of ether oxygens (including phenoxy) is 1. The van der Waals surface area contributed by atoms with Crippen molar-refractivity contribution < 1.29 is 14.5 Å². The first-order valence-electron chi connectivity index (χ1n) is 7.63. The zero-order valence-electron chi connectivity index (χ0n) is 14.4. The second-order valence-corrected chi connectivity index (χ2v) is 5.51. The summed E-state index contributed by atoms with van der Waals surface area (Å²) in [7, 11) is 5.21. The maximum Gasteiger partial charge on any atom is 0.363 e. The van der Waals surface area contributed by atoms with E-state index in [2.05, 4.69) is 14.6 Å². The van der Waals surface area contributed by atoms with Gasteiger partial charge in [0.05, 0.1) is 18.4 Å². The van der Waals surface area contributed by atoms with Crippen LogP contribution >= 0.6 is 0 Å². The molecule has 8 heteroatoms. The fraction of sp³-hybridized carbons (Fsp3) is 0.294. The van der Waals surface area contributed by atoms with Crippen molar-refractivity contribution in [2.75, 3.05) is 44.1 Å². The van der Waals surface area contributed by atoms with E-state index in [0.29, 0.717) is 12.1 Å². The van der Waals surface area contributed by atoms with Gasteiger partial charge in [0.15, 0.2) is 6.20 Å². The highest BCUT2D eigenvalue weighted by Gasteiger charge is 2.10. The summed E-state index contributed by atoms with van der Waals surface area (Å²) < 4.78 is 4.68. The first kappa shape index (κ1) is 18.2. The third-order valence-electron chi connectivity index (χ3n) is 3.86. The molecule has 8 nitrogen and oxygen atoms in total. The van der Waals surface area contributed by atoms with E-state index in [1.165, 1.54) is 19.4 Å². The number of likely N-dealkylation sites (N-methyl/N-ethyl adjacent to an activating group) is 2.